The van der Waals surface area contributed by atoms with Crippen molar-refractivity contribution in [3.8, 4) is 0 Å². The highest BCUT2D eigenvalue weighted by molar-refractivity contribution is 5.10. The Labute approximate surface area is 136 Å². The Morgan fingerprint density at radius 1 is 1.22 bits per heavy atom. The summed E-state index contributed by atoms with van der Waals surface area (Å²) in [5.74, 6) is 0. The number of furan rings is 1. The van der Waals surface area contributed by atoms with Crippen molar-refractivity contribution in [3.05, 3.63) is 54.2 Å². The van der Waals surface area contributed by atoms with Crippen LogP contribution < -0.4 is 0 Å². The number of hydrogen-bond donors (Lipinski definition) is 0. The normalized spacial score (nSPS) is 27.9. The molecule has 0 N–H and O–H groups in total. The van der Waals surface area contributed by atoms with Gasteiger partial charge in [-0.1, -0.05) is 0 Å². The summed E-state index contributed by atoms with van der Waals surface area (Å²) in [6, 6.07) is 6.47. The predicted molar refractivity (Wildman–Crippen MR) is 84.7 cm³/mol. The SMILES string of the molecule is c1cc(CO[C@@H]2CN(Cc3ccoc3)[C@H]3CCCO[C@@H]23)ccn1. The van der Waals surface area contributed by atoms with Crippen molar-refractivity contribution in [2.75, 3.05) is 13.2 Å². The maximum absolute atomic E-state index is 6.19. The van der Waals surface area contributed by atoms with Gasteiger partial charge in [-0.2, -0.15) is 0 Å². The number of ether oxygens (including phenoxy) is 2. The molecule has 2 aliphatic rings. The molecular formula is C18H22N2O3. The van der Waals surface area contributed by atoms with Gasteiger partial charge in [0.25, 0.3) is 0 Å². The van der Waals surface area contributed by atoms with E-state index in [4.69, 9.17) is 13.9 Å². The zero-order chi connectivity index (χ0) is 15.5. The third-order valence-electron chi connectivity index (χ3n) is 4.76. The highest BCUT2D eigenvalue weighted by Gasteiger charge is 2.44. The summed E-state index contributed by atoms with van der Waals surface area (Å²) in [6.45, 7) is 3.26. The topological polar surface area (TPSA) is 47.7 Å². The smallest absolute Gasteiger partial charge is 0.100 e. The van der Waals surface area contributed by atoms with Crippen LogP contribution >= 0.6 is 0 Å². The molecule has 4 heterocycles. The summed E-state index contributed by atoms with van der Waals surface area (Å²) in [5, 5.41) is 0. The van der Waals surface area contributed by atoms with Crippen molar-refractivity contribution in [3.63, 3.8) is 0 Å². The van der Waals surface area contributed by atoms with Gasteiger partial charge in [0, 0.05) is 43.7 Å². The molecule has 122 valence electrons. The van der Waals surface area contributed by atoms with Gasteiger partial charge in [-0.05, 0) is 36.6 Å². The maximum Gasteiger partial charge on any atom is 0.100 e. The van der Waals surface area contributed by atoms with Crippen molar-refractivity contribution in [1.29, 1.82) is 0 Å². The summed E-state index contributed by atoms with van der Waals surface area (Å²) in [4.78, 5) is 6.53. The summed E-state index contributed by atoms with van der Waals surface area (Å²) in [5.41, 5.74) is 2.37. The molecule has 2 saturated heterocycles. The standard InChI is InChI=1S/C18H22N2O3/c1-2-16-18(22-8-1)17(23-13-14-3-6-19-7-4-14)11-20(16)10-15-5-9-21-12-15/h3-7,9,12,16-18H,1-2,8,10-11,13H2/t16-,17+,18+/m0/s1. The van der Waals surface area contributed by atoms with E-state index >= 15 is 0 Å². The lowest BCUT2D eigenvalue weighted by atomic mass is 10.0. The van der Waals surface area contributed by atoms with Crippen molar-refractivity contribution in [2.24, 2.45) is 0 Å². The molecule has 2 aliphatic heterocycles. The van der Waals surface area contributed by atoms with Crippen LogP contribution in [0, 0.1) is 0 Å². The van der Waals surface area contributed by atoms with Crippen LogP contribution in [0.3, 0.4) is 0 Å². The molecule has 0 bridgehead atoms. The Morgan fingerprint density at radius 3 is 2.96 bits per heavy atom. The van der Waals surface area contributed by atoms with Gasteiger partial charge in [-0.25, -0.2) is 0 Å². The molecule has 4 rings (SSSR count). The Kier molecular flexibility index (Phi) is 4.41. The van der Waals surface area contributed by atoms with E-state index in [1.807, 2.05) is 24.5 Å². The third-order valence-corrected chi connectivity index (χ3v) is 4.76. The Morgan fingerprint density at radius 2 is 2.13 bits per heavy atom. The minimum absolute atomic E-state index is 0.125. The number of hydrogen-bond acceptors (Lipinski definition) is 5. The lowest BCUT2D eigenvalue weighted by Gasteiger charge is -2.32. The van der Waals surface area contributed by atoms with Crippen LogP contribution in [0.5, 0.6) is 0 Å². The molecule has 2 aromatic heterocycles. The summed E-state index contributed by atoms with van der Waals surface area (Å²) in [7, 11) is 0. The van der Waals surface area contributed by atoms with Crippen LogP contribution in [0.2, 0.25) is 0 Å². The summed E-state index contributed by atoms with van der Waals surface area (Å²) in [6.07, 6.45) is 9.77. The van der Waals surface area contributed by atoms with Gasteiger partial charge >= 0.3 is 0 Å². The molecular weight excluding hydrogens is 292 g/mol. The van der Waals surface area contributed by atoms with Crippen molar-refractivity contribution >= 4 is 0 Å². The first-order valence-corrected chi connectivity index (χ1v) is 8.27. The van der Waals surface area contributed by atoms with E-state index in [9.17, 15) is 0 Å². The third kappa shape index (κ3) is 3.32. The lowest BCUT2D eigenvalue weighted by molar-refractivity contribution is -0.0819. The molecule has 0 unspecified atom stereocenters. The fourth-order valence-electron chi connectivity index (χ4n) is 3.63. The van der Waals surface area contributed by atoms with E-state index in [1.54, 1.807) is 18.7 Å². The number of fused-ring (bicyclic) bond motifs is 1. The largest absolute Gasteiger partial charge is 0.472 e. The van der Waals surface area contributed by atoms with E-state index in [-0.39, 0.29) is 12.2 Å². The highest BCUT2D eigenvalue weighted by Crippen LogP contribution is 2.32. The maximum atomic E-state index is 6.19. The summed E-state index contributed by atoms with van der Waals surface area (Å²) >= 11 is 0. The van der Waals surface area contributed by atoms with Crippen LogP contribution in [0.1, 0.15) is 24.0 Å². The first kappa shape index (κ1) is 14.9. The van der Waals surface area contributed by atoms with Gasteiger partial charge in [-0.15, -0.1) is 0 Å². The fourth-order valence-corrected chi connectivity index (χ4v) is 3.63. The number of likely N-dealkylation sites (tertiary alicyclic amines) is 1. The Bertz CT molecular complexity index is 602. The molecule has 2 aromatic rings. The second-order valence-corrected chi connectivity index (χ2v) is 6.31. The van der Waals surface area contributed by atoms with Gasteiger partial charge in [0.05, 0.1) is 25.2 Å². The molecule has 0 aromatic carbocycles. The minimum Gasteiger partial charge on any atom is -0.472 e. The van der Waals surface area contributed by atoms with Crippen LogP contribution in [-0.2, 0) is 22.6 Å². The van der Waals surface area contributed by atoms with Gasteiger partial charge in [0.1, 0.15) is 6.10 Å². The van der Waals surface area contributed by atoms with E-state index in [2.05, 4.69) is 9.88 Å². The molecule has 0 radical (unpaired) electrons. The van der Waals surface area contributed by atoms with Crippen molar-refractivity contribution in [2.45, 2.75) is 44.2 Å². The van der Waals surface area contributed by atoms with Gasteiger partial charge in [0.2, 0.25) is 0 Å². The van der Waals surface area contributed by atoms with Gasteiger partial charge < -0.3 is 13.9 Å². The second-order valence-electron chi connectivity index (χ2n) is 6.31. The average Bonchev–Trinajstić information content (AvgIpc) is 3.23. The molecule has 5 heteroatoms. The Balaban J connectivity index is 1.42. The first-order valence-electron chi connectivity index (χ1n) is 8.27. The zero-order valence-corrected chi connectivity index (χ0v) is 13.1. The number of rotatable bonds is 5. The van der Waals surface area contributed by atoms with Crippen molar-refractivity contribution < 1.29 is 13.9 Å². The lowest BCUT2D eigenvalue weighted by Crippen LogP contribution is -2.41. The molecule has 3 atom stereocenters. The van der Waals surface area contributed by atoms with E-state index in [1.165, 1.54) is 12.0 Å². The number of aromatic nitrogens is 1. The zero-order valence-electron chi connectivity index (χ0n) is 13.1. The van der Waals surface area contributed by atoms with Crippen LogP contribution in [0.25, 0.3) is 0 Å². The fraction of sp³-hybridized carbons (Fsp3) is 0.500. The molecule has 2 fully saturated rings. The van der Waals surface area contributed by atoms with Gasteiger partial charge in [0.15, 0.2) is 0 Å². The first-order chi connectivity index (χ1) is 11.4. The van der Waals surface area contributed by atoms with Crippen LogP contribution in [0.15, 0.2) is 47.5 Å². The van der Waals surface area contributed by atoms with E-state index in [0.717, 1.165) is 31.7 Å². The molecule has 0 amide bonds. The minimum atomic E-state index is 0.125. The Hall–Kier alpha value is -1.69. The molecule has 23 heavy (non-hydrogen) atoms. The van der Waals surface area contributed by atoms with Gasteiger partial charge in [-0.3, -0.25) is 9.88 Å². The van der Waals surface area contributed by atoms with Crippen LogP contribution in [-0.4, -0.2) is 41.3 Å². The number of pyridine rings is 1. The molecule has 5 nitrogen and oxygen atoms in total. The van der Waals surface area contributed by atoms with E-state index < -0.39 is 0 Å². The van der Waals surface area contributed by atoms with Crippen molar-refractivity contribution in [1.82, 2.24) is 9.88 Å². The number of nitrogens with zero attached hydrogens (tertiary/aromatic N) is 2. The highest BCUT2D eigenvalue weighted by atomic mass is 16.5. The monoisotopic (exact) mass is 314 g/mol. The second kappa shape index (κ2) is 6.83. The molecule has 0 saturated carbocycles. The van der Waals surface area contributed by atoms with E-state index in [0.29, 0.717) is 12.6 Å². The van der Waals surface area contributed by atoms with Crippen LogP contribution in [0.4, 0.5) is 0 Å². The summed E-state index contributed by atoms with van der Waals surface area (Å²) < 4.78 is 17.4. The molecule has 0 spiro atoms. The average molecular weight is 314 g/mol. The molecule has 0 aliphatic carbocycles. The quantitative estimate of drug-likeness (QED) is 0.849. The predicted octanol–water partition coefficient (Wildman–Crippen LogP) is 2.62.